The lowest BCUT2D eigenvalue weighted by atomic mass is 9.51. The Bertz CT molecular complexity index is 1430. The lowest BCUT2D eigenvalue weighted by Gasteiger charge is -2.54. The molecule has 12 heteroatoms. The first-order valence-corrected chi connectivity index (χ1v) is 20.6. The van der Waals surface area contributed by atoms with Gasteiger partial charge in [0.2, 0.25) is 23.5 Å². The number of hydrogen-bond donors (Lipinski definition) is 4. The third-order valence-corrected chi connectivity index (χ3v) is 13.4. The average molecular weight is 757 g/mol. The molecule has 2 saturated carbocycles. The van der Waals surface area contributed by atoms with E-state index in [1.54, 1.807) is 4.90 Å². The second kappa shape index (κ2) is 16.1. The van der Waals surface area contributed by atoms with Gasteiger partial charge in [0, 0.05) is 32.1 Å². The van der Waals surface area contributed by atoms with Gasteiger partial charge in [0.15, 0.2) is 0 Å². The molecule has 54 heavy (non-hydrogen) atoms. The average Bonchev–Trinajstić information content (AvgIpc) is 3.73. The largest absolute Gasteiger partial charge is 0.347 e. The van der Waals surface area contributed by atoms with Gasteiger partial charge in [-0.25, -0.2) is 4.79 Å². The van der Waals surface area contributed by atoms with E-state index in [-0.39, 0.29) is 51.5 Å². The fourth-order valence-electron chi connectivity index (χ4n) is 8.43. The quantitative estimate of drug-likeness (QED) is 0.176. The minimum absolute atomic E-state index is 0.00670. The Morgan fingerprint density at radius 1 is 0.870 bits per heavy atom. The molecule has 0 spiro atoms. The first-order chi connectivity index (χ1) is 24.8. The predicted molar refractivity (Wildman–Crippen MR) is 210 cm³/mol. The molecule has 0 aromatic rings. The molecular formula is C42H72N6O6. The van der Waals surface area contributed by atoms with E-state index in [1.165, 1.54) is 0 Å². The standard InChI is InChI=1S/C42H72N6O6/c1-13-15-28(32(50)35(52)43-27-16-17-27)44-34(51)29-22-26(41(10,11)42(12)18-14-19-42)24-48(29)36(53)33(39(5,6)7)46-37(54)45-30(38(2,3)4)25-47-21-20-40(8,9)23-31(47)49/h26-30,33H,13-25H2,1-12H3,(H,43,52)(H,44,51)(H2,45,46,54)/t26?,28-,29-,30+,33?/m0/s1. The number of nitrogens with zero attached hydrogens (tertiary/aromatic N) is 2. The van der Waals surface area contributed by atoms with E-state index in [4.69, 9.17) is 0 Å². The number of ketones is 1. The summed E-state index contributed by atoms with van der Waals surface area (Å²) in [7, 11) is 0. The van der Waals surface area contributed by atoms with Crippen LogP contribution >= 0.6 is 0 Å². The highest BCUT2D eigenvalue weighted by Crippen LogP contribution is 2.59. The number of carbonyl (C=O) groups excluding carboxylic acids is 6. The summed E-state index contributed by atoms with van der Waals surface area (Å²) in [5.74, 6) is -2.10. The Morgan fingerprint density at radius 3 is 2.00 bits per heavy atom. The number of amides is 6. The SMILES string of the molecule is CCC[C@H](NC(=O)[C@@H]1CC(C(C)(C)C2(C)CCC2)CN1C(=O)C(NC(=O)N[C@H](CN1CCC(C)(C)CC1=O)C(C)(C)C)C(C)(C)C)C(=O)C(=O)NC1CC1. The van der Waals surface area contributed by atoms with Crippen molar-refractivity contribution >= 4 is 35.4 Å². The van der Waals surface area contributed by atoms with E-state index in [9.17, 15) is 28.8 Å². The molecule has 306 valence electrons. The molecule has 4 N–H and O–H groups in total. The maximum absolute atomic E-state index is 14.9. The van der Waals surface area contributed by atoms with Gasteiger partial charge < -0.3 is 31.1 Å². The minimum Gasteiger partial charge on any atom is -0.347 e. The molecule has 2 aliphatic carbocycles. The Hall–Kier alpha value is -3.18. The van der Waals surface area contributed by atoms with Crippen LogP contribution in [-0.2, 0) is 24.0 Å². The van der Waals surface area contributed by atoms with E-state index in [0.717, 1.165) is 38.5 Å². The molecule has 0 aromatic heterocycles. The van der Waals surface area contributed by atoms with Crippen LogP contribution < -0.4 is 21.3 Å². The first kappa shape index (κ1) is 43.5. The molecule has 0 radical (unpaired) electrons. The third kappa shape index (κ3) is 10.2. The highest BCUT2D eigenvalue weighted by molar-refractivity contribution is 6.38. The maximum atomic E-state index is 14.9. The van der Waals surface area contributed by atoms with Crippen molar-refractivity contribution in [1.29, 1.82) is 0 Å². The van der Waals surface area contributed by atoms with Gasteiger partial charge in [-0.1, -0.05) is 95.9 Å². The van der Waals surface area contributed by atoms with Crippen molar-refractivity contribution < 1.29 is 28.8 Å². The van der Waals surface area contributed by atoms with Crippen molar-refractivity contribution in [3.8, 4) is 0 Å². The summed E-state index contributed by atoms with van der Waals surface area (Å²) in [4.78, 5) is 85.6. The number of urea groups is 1. The molecule has 2 unspecified atom stereocenters. The molecule has 0 aromatic carbocycles. The van der Waals surface area contributed by atoms with Gasteiger partial charge in [-0.05, 0) is 77.9 Å². The van der Waals surface area contributed by atoms with Crippen molar-refractivity contribution in [3.63, 3.8) is 0 Å². The fourth-order valence-corrected chi connectivity index (χ4v) is 8.43. The van der Waals surface area contributed by atoms with Crippen molar-refractivity contribution in [2.75, 3.05) is 19.6 Å². The van der Waals surface area contributed by atoms with E-state index < -0.39 is 47.2 Å². The number of hydrogen-bond acceptors (Lipinski definition) is 6. The summed E-state index contributed by atoms with van der Waals surface area (Å²) in [6.07, 6.45) is 7.62. The smallest absolute Gasteiger partial charge is 0.315 e. The molecule has 2 saturated heterocycles. The fraction of sp³-hybridized carbons (Fsp3) is 0.857. The highest BCUT2D eigenvalue weighted by atomic mass is 16.2. The van der Waals surface area contributed by atoms with Crippen molar-refractivity contribution in [2.45, 2.75) is 178 Å². The van der Waals surface area contributed by atoms with Crippen molar-refractivity contribution in [3.05, 3.63) is 0 Å². The third-order valence-electron chi connectivity index (χ3n) is 13.4. The number of rotatable bonds is 14. The minimum atomic E-state index is -0.996. The van der Waals surface area contributed by atoms with Crippen LogP contribution in [0.1, 0.15) is 147 Å². The molecule has 4 fully saturated rings. The normalized spacial score (nSPS) is 24.5. The second-order valence-electron chi connectivity index (χ2n) is 20.8. The number of nitrogens with one attached hydrogen (secondary N) is 4. The highest BCUT2D eigenvalue weighted by Gasteiger charge is 2.55. The van der Waals surface area contributed by atoms with E-state index in [1.807, 2.05) is 53.4 Å². The molecule has 12 nitrogen and oxygen atoms in total. The van der Waals surface area contributed by atoms with Gasteiger partial charge >= 0.3 is 6.03 Å². The van der Waals surface area contributed by atoms with Crippen LogP contribution in [0.4, 0.5) is 4.79 Å². The summed E-state index contributed by atoms with van der Waals surface area (Å²) in [6, 6.07) is -3.75. The number of carbonyl (C=O) groups is 6. The van der Waals surface area contributed by atoms with Crippen LogP contribution in [0.5, 0.6) is 0 Å². The molecular weight excluding hydrogens is 684 g/mol. The van der Waals surface area contributed by atoms with E-state index in [2.05, 4.69) is 55.9 Å². The maximum Gasteiger partial charge on any atom is 0.315 e. The van der Waals surface area contributed by atoms with E-state index in [0.29, 0.717) is 45.3 Å². The second-order valence-corrected chi connectivity index (χ2v) is 20.8. The van der Waals surface area contributed by atoms with Crippen LogP contribution in [0.25, 0.3) is 0 Å². The summed E-state index contributed by atoms with van der Waals surface area (Å²) in [5.41, 5.74) is -1.29. The first-order valence-electron chi connectivity index (χ1n) is 20.6. The summed E-state index contributed by atoms with van der Waals surface area (Å²) in [5, 5.41) is 11.7. The zero-order chi connectivity index (χ0) is 40.6. The zero-order valence-corrected chi connectivity index (χ0v) is 35.5. The molecule has 5 atom stereocenters. The van der Waals surface area contributed by atoms with Gasteiger partial charge in [0.05, 0.1) is 12.1 Å². The Labute approximate surface area is 324 Å². The van der Waals surface area contributed by atoms with Crippen LogP contribution in [0.2, 0.25) is 0 Å². The van der Waals surface area contributed by atoms with E-state index >= 15 is 0 Å². The van der Waals surface area contributed by atoms with Gasteiger partial charge in [0.25, 0.3) is 5.91 Å². The van der Waals surface area contributed by atoms with Crippen LogP contribution in [0.3, 0.4) is 0 Å². The molecule has 2 heterocycles. The number of likely N-dealkylation sites (tertiary alicyclic amines) is 2. The Balaban J connectivity index is 1.57. The molecule has 0 bridgehead atoms. The van der Waals surface area contributed by atoms with Crippen LogP contribution in [0.15, 0.2) is 0 Å². The van der Waals surface area contributed by atoms with Gasteiger partial charge in [-0.15, -0.1) is 0 Å². The summed E-state index contributed by atoms with van der Waals surface area (Å²) < 4.78 is 0. The lowest BCUT2D eigenvalue weighted by molar-refractivity contribution is -0.144. The van der Waals surface area contributed by atoms with Crippen molar-refractivity contribution in [1.82, 2.24) is 31.1 Å². The lowest BCUT2D eigenvalue weighted by Crippen LogP contribution is -2.62. The number of piperidine rings is 1. The number of Topliss-reactive ketones (excluding diaryl/α,β-unsaturated/α-hetero) is 1. The molecule has 6 amide bonds. The van der Waals surface area contributed by atoms with Gasteiger partial charge in [-0.3, -0.25) is 24.0 Å². The Morgan fingerprint density at radius 2 is 1.50 bits per heavy atom. The van der Waals surface area contributed by atoms with Crippen LogP contribution in [-0.4, -0.2) is 95.1 Å². The monoisotopic (exact) mass is 757 g/mol. The predicted octanol–water partition coefficient (Wildman–Crippen LogP) is 5.33. The summed E-state index contributed by atoms with van der Waals surface area (Å²) >= 11 is 0. The molecule has 4 aliphatic rings. The zero-order valence-electron chi connectivity index (χ0n) is 35.5. The van der Waals surface area contributed by atoms with Gasteiger partial charge in [-0.2, -0.15) is 0 Å². The molecule has 2 aliphatic heterocycles. The Kier molecular flexibility index (Phi) is 13.0. The molecule has 4 rings (SSSR count). The van der Waals surface area contributed by atoms with Gasteiger partial charge in [0.1, 0.15) is 12.1 Å². The van der Waals surface area contributed by atoms with Crippen molar-refractivity contribution in [2.24, 2.45) is 33.0 Å². The topological polar surface area (TPSA) is 157 Å². The summed E-state index contributed by atoms with van der Waals surface area (Å²) in [6.45, 7) is 25.9. The van der Waals surface area contributed by atoms with Crippen LogP contribution in [0, 0.1) is 33.0 Å².